The molecule has 0 saturated heterocycles. The molecular weight excluding hydrogens is 224 g/mol. The average Bonchev–Trinajstić information content (AvgIpc) is 2.09. The van der Waals surface area contributed by atoms with E-state index in [9.17, 15) is 13.5 Å². The van der Waals surface area contributed by atoms with Crippen LogP contribution in [0.25, 0.3) is 0 Å². The molecule has 0 saturated carbocycles. The van der Waals surface area contributed by atoms with Gasteiger partial charge in [-0.15, -0.1) is 0 Å². The lowest BCUT2D eigenvalue weighted by atomic mass is 10.1. The van der Waals surface area contributed by atoms with E-state index in [0.29, 0.717) is 12.0 Å². The molecule has 0 radical (unpaired) electrons. The van der Waals surface area contributed by atoms with Crippen LogP contribution < -0.4 is 4.18 Å². The van der Waals surface area contributed by atoms with E-state index in [1.165, 1.54) is 18.2 Å². The summed E-state index contributed by atoms with van der Waals surface area (Å²) in [6, 6.07) is 3.94. The third-order valence-electron chi connectivity index (χ3n) is 1.62. The van der Waals surface area contributed by atoms with Crippen LogP contribution in [0.4, 0.5) is 0 Å². The average molecular weight is 234 g/mol. The Balaban J connectivity index is 3.00. The quantitative estimate of drug-likeness (QED) is 0.639. The van der Waals surface area contributed by atoms with Crippen LogP contribution in [-0.2, 0) is 16.8 Å². The normalized spacial score (nSPS) is 11.3. The Morgan fingerprint density at radius 3 is 2.53 bits per heavy atom. The predicted octanol–water partition coefficient (Wildman–Crippen LogP) is 0.109. The van der Waals surface area contributed by atoms with Crippen LogP contribution in [0, 0.1) is 0 Å². The molecule has 0 spiro atoms. The molecule has 0 fully saturated rings. The number of phenolic OH excluding ortho intramolecular Hbond substituents is 1. The van der Waals surface area contributed by atoms with Crippen molar-refractivity contribution in [3.63, 3.8) is 0 Å². The summed E-state index contributed by atoms with van der Waals surface area (Å²) in [5.74, 6) is -0.780. The smallest absolute Gasteiger partial charge is 0.446 e. The van der Waals surface area contributed by atoms with Crippen molar-refractivity contribution >= 4 is 10.4 Å². The number of aliphatic hydroxyl groups excluding tert-OH is 1. The van der Waals surface area contributed by atoms with Gasteiger partial charge in [0.2, 0.25) is 0 Å². The molecule has 84 valence electrons. The van der Waals surface area contributed by atoms with Gasteiger partial charge in [0.1, 0.15) is 0 Å². The monoisotopic (exact) mass is 234 g/mol. The minimum absolute atomic E-state index is 0.115. The molecule has 0 aromatic heterocycles. The van der Waals surface area contributed by atoms with Crippen LogP contribution in [0.3, 0.4) is 0 Å². The number of benzene rings is 1. The Kier molecular flexibility index (Phi) is 3.51. The van der Waals surface area contributed by atoms with Gasteiger partial charge in [-0.2, -0.15) is 8.42 Å². The zero-order valence-electron chi connectivity index (χ0n) is 7.62. The minimum atomic E-state index is -4.65. The Labute approximate surface area is 86.7 Å². The lowest BCUT2D eigenvalue weighted by molar-refractivity contribution is 0.299. The Morgan fingerprint density at radius 2 is 2.00 bits per heavy atom. The fraction of sp³-hybridized carbons (Fsp3) is 0.250. The first kappa shape index (κ1) is 11.8. The van der Waals surface area contributed by atoms with Crippen molar-refractivity contribution in [3.8, 4) is 11.5 Å². The van der Waals surface area contributed by atoms with Crippen LogP contribution in [0.1, 0.15) is 5.56 Å². The zero-order chi connectivity index (χ0) is 11.5. The fourth-order valence-electron chi connectivity index (χ4n) is 1.02. The summed E-state index contributed by atoms with van der Waals surface area (Å²) >= 11 is 0. The Morgan fingerprint density at radius 1 is 1.33 bits per heavy atom. The Hall–Kier alpha value is -1.31. The standard InChI is InChI=1S/C8H10O6S/c9-4-3-6-1-2-7(10)8(5-6)14-15(11,12)13/h1-2,5,9-10H,3-4H2,(H,11,12,13). The van der Waals surface area contributed by atoms with Gasteiger partial charge in [0, 0.05) is 6.61 Å². The highest BCUT2D eigenvalue weighted by molar-refractivity contribution is 7.81. The molecular formula is C8H10O6S. The molecule has 0 unspecified atom stereocenters. The maximum absolute atomic E-state index is 10.4. The van der Waals surface area contributed by atoms with Crippen molar-refractivity contribution in [3.05, 3.63) is 23.8 Å². The van der Waals surface area contributed by atoms with Crippen LogP contribution in [0.5, 0.6) is 11.5 Å². The van der Waals surface area contributed by atoms with E-state index in [1.807, 2.05) is 0 Å². The summed E-state index contributed by atoms with van der Waals surface area (Å²) in [5, 5.41) is 17.8. The predicted molar refractivity (Wildman–Crippen MR) is 51.1 cm³/mol. The second-order valence-electron chi connectivity index (χ2n) is 2.79. The van der Waals surface area contributed by atoms with E-state index in [4.69, 9.17) is 9.66 Å². The van der Waals surface area contributed by atoms with Crippen LogP contribution in [-0.4, -0.2) is 29.8 Å². The molecule has 0 aliphatic carbocycles. The molecule has 6 nitrogen and oxygen atoms in total. The van der Waals surface area contributed by atoms with Crippen molar-refractivity contribution in [1.82, 2.24) is 0 Å². The second kappa shape index (κ2) is 4.47. The minimum Gasteiger partial charge on any atom is -0.504 e. The van der Waals surface area contributed by atoms with E-state index >= 15 is 0 Å². The highest BCUT2D eigenvalue weighted by atomic mass is 32.3. The van der Waals surface area contributed by atoms with Gasteiger partial charge < -0.3 is 14.4 Å². The highest BCUT2D eigenvalue weighted by Crippen LogP contribution is 2.27. The van der Waals surface area contributed by atoms with Crippen molar-refractivity contribution in [2.45, 2.75) is 6.42 Å². The van der Waals surface area contributed by atoms with Gasteiger partial charge in [0.25, 0.3) is 0 Å². The topological polar surface area (TPSA) is 104 Å². The molecule has 1 aromatic rings. The number of phenols is 1. The van der Waals surface area contributed by atoms with Crippen molar-refractivity contribution in [2.75, 3.05) is 6.61 Å². The molecule has 0 heterocycles. The van der Waals surface area contributed by atoms with Crippen LogP contribution >= 0.6 is 0 Å². The molecule has 1 rings (SSSR count). The summed E-state index contributed by atoms with van der Waals surface area (Å²) in [6.45, 7) is -0.115. The second-order valence-corrected chi connectivity index (χ2v) is 3.81. The summed E-state index contributed by atoms with van der Waals surface area (Å²) in [5.41, 5.74) is 0.578. The largest absolute Gasteiger partial charge is 0.504 e. The van der Waals surface area contributed by atoms with Gasteiger partial charge in [-0.05, 0) is 24.1 Å². The van der Waals surface area contributed by atoms with Gasteiger partial charge in [-0.3, -0.25) is 4.55 Å². The molecule has 0 aliphatic heterocycles. The SMILES string of the molecule is O=S(=O)(O)Oc1cc(CCO)ccc1O. The van der Waals surface area contributed by atoms with E-state index in [2.05, 4.69) is 4.18 Å². The number of hydrogen-bond acceptors (Lipinski definition) is 5. The summed E-state index contributed by atoms with van der Waals surface area (Å²) in [7, 11) is -4.65. The number of rotatable bonds is 4. The third-order valence-corrected chi connectivity index (χ3v) is 2.01. The van der Waals surface area contributed by atoms with Gasteiger partial charge in [0.05, 0.1) is 0 Å². The molecule has 0 amide bonds. The highest BCUT2D eigenvalue weighted by Gasteiger charge is 2.11. The maximum atomic E-state index is 10.4. The van der Waals surface area contributed by atoms with E-state index in [-0.39, 0.29) is 12.4 Å². The molecule has 0 aliphatic rings. The van der Waals surface area contributed by atoms with E-state index in [0.717, 1.165) is 0 Å². The number of hydrogen-bond donors (Lipinski definition) is 3. The molecule has 3 N–H and O–H groups in total. The van der Waals surface area contributed by atoms with Crippen molar-refractivity contribution in [2.24, 2.45) is 0 Å². The summed E-state index contributed by atoms with van der Waals surface area (Å²) in [4.78, 5) is 0. The van der Waals surface area contributed by atoms with Gasteiger partial charge >= 0.3 is 10.4 Å². The lowest BCUT2D eigenvalue weighted by Gasteiger charge is -2.06. The van der Waals surface area contributed by atoms with Gasteiger partial charge in [-0.25, -0.2) is 0 Å². The zero-order valence-corrected chi connectivity index (χ0v) is 8.44. The Bertz CT molecular complexity index is 438. The lowest BCUT2D eigenvalue weighted by Crippen LogP contribution is -2.07. The van der Waals surface area contributed by atoms with Crippen molar-refractivity contribution in [1.29, 1.82) is 0 Å². The molecule has 15 heavy (non-hydrogen) atoms. The van der Waals surface area contributed by atoms with Gasteiger partial charge in [0.15, 0.2) is 11.5 Å². The molecule has 0 atom stereocenters. The summed E-state index contributed by atoms with van der Waals surface area (Å²) < 4.78 is 33.3. The van der Waals surface area contributed by atoms with E-state index in [1.54, 1.807) is 0 Å². The van der Waals surface area contributed by atoms with E-state index < -0.39 is 16.1 Å². The first-order chi connectivity index (χ1) is 6.92. The summed E-state index contributed by atoms with van der Waals surface area (Å²) in [6.07, 6.45) is 0.294. The molecule has 7 heteroatoms. The third kappa shape index (κ3) is 3.74. The first-order valence-electron chi connectivity index (χ1n) is 4.02. The van der Waals surface area contributed by atoms with Crippen LogP contribution in [0.15, 0.2) is 18.2 Å². The number of aliphatic hydroxyl groups is 1. The maximum Gasteiger partial charge on any atom is 0.446 e. The fourth-order valence-corrected chi connectivity index (χ4v) is 1.38. The van der Waals surface area contributed by atoms with Crippen LogP contribution in [0.2, 0.25) is 0 Å². The first-order valence-corrected chi connectivity index (χ1v) is 5.38. The van der Waals surface area contributed by atoms with Gasteiger partial charge in [-0.1, -0.05) is 6.07 Å². The number of aromatic hydroxyl groups is 1. The van der Waals surface area contributed by atoms with Crippen molar-refractivity contribution < 1.29 is 27.4 Å². The molecule has 0 bridgehead atoms. The molecule has 1 aromatic carbocycles.